The highest BCUT2D eigenvalue weighted by molar-refractivity contribution is 8.14. The van der Waals surface area contributed by atoms with E-state index in [4.69, 9.17) is 0 Å². The number of nitrogens with one attached hydrogen (secondary N) is 1. The van der Waals surface area contributed by atoms with Crippen molar-refractivity contribution in [3.63, 3.8) is 0 Å². The molecular weight excluding hydrogens is 336 g/mol. The van der Waals surface area contributed by atoms with Gasteiger partial charge in [0, 0.05) is 18.6 Å². The summed E-state index contributed by atoms with van der Waals surface area (Å²) in [6, 6.07) is 14.7. The molecule has 2 aromatic carbocycles. The lowest BCUT2D eigenvalue weighted by Gasteiger charge is -2.01. The molecule has 7 heteroatoms. The second kappa shape index (κ2) is 7.76. The van der Waals surface area contributed by atoms with E-state index in [1.165, 1.54) is 23.5 Å². The van der Waals surface area contributed by atoms with Crippen LogP contribution in [0.25, 0.3) is 0 Å². The molecule has 3 rings (SSSR count). The van der Waals surface area contributed by atoms with Crippen molar-refractivity contribution >= 4 is 47.0 Å². The first-order valence-corrected chi connectivity index (χ1v) is 8.58. The molecule has 0 aliphatic carbocycles. The molecule has 2 aromatic rings. The number of carbonyl (C=O) groups excluding carboxylic acids is 1. The second-order valence-corrected chi connectivity index (χ2v) is 6.41. The number of para-hydroxylation sites is 1. The van der Waals surface area contributed by atoms with Crippen molar-refractivity contribution in [1.82, 2.24) is 5.43 Å². The average molecular weight is 352 g/mol. The number of carbonyl (C=O) groups is 1. The number of hydrogen-bond donors (Lipinski definition) is 1. The van der Waals surface area contributed by atoms with Gasteiger partial charge in [-0.15, -0.1) is 11.8 Å². The normalized spacial score (nSPS) is 12.7. The Hall–Kier alpha value is -2.93. The zero-order valence-corrected chi connectivity index (χ0v) is 14.2. The summed E-state index contributed by atoms with van der Waals surface area (Å²) in [7, 11) is 0. The Morgan fingerprint density at radius 2 is 2.08 bits per heavy atom. The lowest BCUT2D eigenvalue weighted by Crippen LogP contribution is -2.20. The van der Waals surface area contributed by atoms with Gasteiger partial charge in [-0.3, -0.25) is 4.79 Å². The summed E-state index contributed by atoms with van der Waals surface area (Å²) < 4.78 is 0.532. The minimum Gasteiger partial charge on any atom is -0.619 e. The SMILES string of the molecule is C=[N+]([O-])c1ccc(/C=N/NC(=O)CSC2=Nc3ccccc3C2)cc1. The third-order valence-corrected chi connectivity index (χ3v) is 4.51. The van der Waals surface area contributed by atoms with Crippen LogP contribution in [0.2, 0.25) is 0 Å². The van der Waals surface area contributed by atoms with Crippen LogP contribution < -0.4 is 5.43 Å². The molecule has 1 aliphatic heterocycles. The van der Waals surface area contributed by atoms with E-state index in [1.807, 2.05) is 24.3 Å². The van der Waals surface area contributed by atoms with Crippen LogP contribution in [0.1, 0.15) is 11.1 Å². The third-order valence-electron chi connectivity index (χ3n) is 3.53. The first-order chi connectivity index (χ1) is 12.1. The molecule has 1 N–H and O–H groups in total. The van der Waals surface area contributed by atoms with Crippen LogP contribution in [-0.2, 0) is 11.2 Å². The van der Waals surface area contributed by atoms with Gasteiger partial charge < -0.3 is 5.21 Å². The maximum Gasteiger partial charge on any atom is 0.250 e. The summed E-state index contributed by atoms with van der Waals surface area (Å²) in [5, 5.41) is 15.9. The minimum atomic E-state index is -0.194. The molecule has 0 bridgehead atoms. The van der Waals surface area contributed by atoms with Crippen LogP contribution in [0.4, 0.5) is 11.4 Å². The predicted molar refractivity (Wildman–Crippen MR) is 102 cm³/mol. The quantitative estimate of drug-likeness (QED) is 0.389. The number of benzene rings is 2. The van der Waals surface area contributed by atoms with Gasteiger partial charge in [0.2, 0.25) is 11.6 Å². The Balaban J connectivity index is 1.45. The largest absolute Gasteiger partial charge is 0.619 e. The first kappa shape index (κ1) is 16.9. The first-order valence-electron chi connectivity index (χ1n) is 7.60. The van der Waals surface area contributed by atoms with Crippen molar-refractivity contribution in [3.05, 3.63) is 64.9 Å². The van der Waals surface area contributed by atoms with Crippen molar-refractivity contribution in [3.8, 4) is 0 Å². The lowest BCUT2D eigenvalue weighted by atomic mass is 10.2. The number of nitrogens with zero attached hydrogens (tertiary/aromatic N) is 3. The van der Waals surface area contributed by atoms with Crippen LogP contribution in [0, 0.1) is 5.21 Å². The van der Waals surface area contributed by atoms with E-state index in [1.54, 1.807) is 24.3 Å². The van der Waals surface area contributed by atoms with E-state index < -0.39 is 0 Å². The summed E-state index contributed by atoms with van der Waals surface area (Å²) in [5.41, 5.74) is 5.87. The van der Waals surface area contributed by atoms with Gasteiger partial charge in [0.05, 0.1) is 22.7 Å². The summed E-state index contributed by atoms with van der Waals surface area (Å²) in [4.78, 5) is 16.3. The van der Waals surface area contributed by atoms with Crippen molar-refractivity contribution < 1.29 is 9.53 Å². The highest BCUT2D eigenvalue weighted by Gasteiger charge is 2.15. The van der Waals surface area contributed by atoms with E-state index in [0.717, 1.165) is 22.7 Å². The number of thioether (sulfide) groups is 1. The molecule has 0 spiro atoms. The van der Waals surface area contributed by atoms with Gasteiger partial charge >= 0.3 is 0 Å². The molecule has 25 heavy (non-hydrogen) atoms. The molecule has 0 saturated heterocycles. The number of rotatable bonds is 5. The highest BCUT2D eigenvalue weighted by Crippen LogP contribution is 2.29. The molecule has 0 fully saturated rings. The fourth-order valence-corrected chi connectivity index (χ4v) is 3.06. The Morgan fingerprint density at radius 1 is 1.32 bits per heavy atom. The average Bonchev–Trinajstić information content (AvgIpc) is 3.03. The summed E-state index contributed by atoms with van der Waals surface area (Å²) in [5.74, 6) is 0.0652. The van der Waals surface area contributed by atoms with Crippen LogP contribution >= 0.6 is 11.8 Å². The van der Waals surface area contributed by atoms with Gasteiger partial charge in [0.1, 0.15) is 6.72 Å². The standard InChI is InChI=1S/C18H16N4O2S/c1-22(24)15-8-6-13(7-9-15)11-19-21-17(23)12-25-18-10-14-4-2-3-5-16(14)20-18/h2-9,11H,1,10,12H2,(H,21,23)/b19-11+. The van der Waals surface area contributed by atoms with E-state index in [-0.39, 0.29) is 11.7 Å². The van der Waals surface area contributed by atoms with Crippen molar-refractivity contribution in [2.45, 2.75) is 6.42 Å². The van der Waals surface area contributed by atoms with Crippen molar-refractivity contribution in [1.29, 1.82) is 0 Å². The Labute approximate surface area is 149 Å². The molecule has 1 amide bonds. The van der Waals surface area contributed by atoms with Gasteiger partial charge in [-0.05, 0) is 29.3 Å². The fourth-order valence-electron chi connectivity index (χ4n) is 2.28. The molecule has 0 aromatic heterocycles. The second-order valence-electron chi connectivity index (χ2n) is 5.36. The number of aliphatic imine (C=N–C) groups is 1. The predicted octanol–water partition coefficient (Wildman–Crippen LogP) is 3.00. The van der Waals surface area contributed by atoms with Gasteiger partial charge in [-0.2, -0.15) is 9.84 Å². The number of hydrogen-bond acceptors (Lipinski definition) is 5. The maximum absolute atomic E-state index is 11.8. The molecule has 0 unspecified atom stereocenters. The highest BCUT2D eigenvalue weighted by atomic mass is 32.2. The van der Waals surface area contributed by atoms with Gasteiger partial charge in [0.15, 0.2) is 0 Å². The van der Waals surface area contributed by atoms with Gasteiger partial charge in [-0.1, -0.05) is 18.2 Å². The molecule has 1 aliphatic rings. The zero-order chi connectivity index (χ0) is 17.6. The summed E-state index contributed by atoms with van der Waals surface area (Å²) in [6.45, 7) is 3.27. The smallest absolute Gasteiger partial charge is 0.250 e. The molecule has 0 atom stereocenters. The Bertz CT molecular complexity index is 860. The Kier molecular flexibility index (Phi) is 5.25. The van der Waals surface area contributed by atoms with E-state index in [9.17, 15) is 10.0 Å². The summed E-state index contributed by atoms with van der Waals surface area (Å²) >= 11 is 1.42. The minimum absolute atomic E-state index is 0.194. The van der Waals surface area contributed by atoms with E-state index >= 15 is 0 Å². The van der Waals surface area contributed by atoms with Gasteiger partial charge in [0.25, 0.3) is 0 Å². The molecule has 6 nitrogen and oxygen atoms in total. The van der Waals surface area contributed by atoms with Gasteiger partial charge in [-0.25, -0.2) is 10.4 Å². The van der Waals surface area contributed by atoms with Crippen molar-refractivity contribution in [2.75, 3.05) is 5.75 Å². The molecule has 0 saturated carbocycles. The lowest BCUT2D eigenvalue weighted by molar-refractivity contribution is -0.349. The molecule has 1 heterocycles. The molecule has 0 radical (unpaired) electrons. The fraction of sp³-hybridized carbons (Fsp3) is 0.111. The van der Waals surface area contributed by atoms with E-state index in [0.29, 0.717) is 10.4 Å². The Morgan fingerprint density at radius 3 is 2.80 bits per heavy atom. The number of hydrazone groups is 1. The van der Waals surface area contributed by atoms with Crippen LogP contribution in [0.15, 0.2) is 58.6 Å². The zero-order valence-electron chi connectivity index (χ0n) is 13.4. The van der Waals surface area contributed by atoms with E-state index in [2.05, 4.69) is 22.2 Å². The molecule has 126 valence electrons. The molecular formula is C18H16N4O2S. The van der Waals surface area contributed by atoms with Crippen LogP contribution in [-0.4, -0.2) is 34.4 Å². The summed E-state index contributed by atoms with van der Waals surface area (Å²) in [6.07, 6.45) is 2.29. The number of fused-ring (bicyclic) bond motifs is 1. The monoisotopic (exact) mass is 352 g/mol. The maximum atomic E-state index is 11.8. The third kappa shape index (κ3) is 4.54. The topological polar surface area (TPSA) is 79.9 Å². The van der Waals surface area contributed by atoms with Crippen LogP contribution in [0.3, 0.4) is 0 Å². The number of amides is 1. The van der Waals surface area contributed by atoms with Crippen molar-refractivity contribution in [2.24, 2.45) is 10.1 Å². The van der Waals surface area contributed by atoms with Crippen LogP contribution in [0.5, 0.6) is 0 Å².